The van der Waals surface area contributed by atoms with E-state index in [9.17, 15) is 19.7 Å². The normalized spacial score (nSPS) is 15.0. The van der Waals surface area contributed by atoms with Gasteiger partial charge in [-0.25, -0.2) is 9.79 Å². The number of nitro groups is 1. The van der Waals surface area contributed by atoms with Crippen molar-refractivity contribution in [2.24, 2.45) is 4.99 Å². The van der Waals surface area contributed by atoms with Gasteiger partial charge in [-0.15, -0.1) is 0 Å². The molecule has 198 valence electrons. The monoisotopic (exact) mass is 539 g/mol. The van der Waals surface area contributed by atoms with Crippen molar-refractivity contribution in [3.05, 3.63) is 88.6 Å². The maximum absolute atomic E-state index is 13.8. The van der Waals surface area contributed by atoms with E-state index in [0.29, 0.717) is 27.4 Å². The summed E-state index contributed by atoms with van der Waals surface area (Å²) >= 11 is 1.10. The van der Waals surface area contributed by atoms with E-state index in [4.69, 9.17) is 18.9 Å². The van der Waals surface area contributed by atoms with Gasteiger partial charge in [-0.2, -0.15) is 0 Å². The van der Waals surface area contributed by atoms with Crippen LogP contribution in [0.2, 0.25) is 0 Å². The number of methoxy groups -OCH3 is 3. The first-order chi connectivity index (χ1) is 18.2. The van der Waals surface area contributed by atoms with Crippen LogP contribution in [0.4, 0.5) is 5.69 Å². The Morgan fingerprint density at radius 2 is 1.82 bits per heavy atom. The van der Waals surface area contributed by atoms with Crippen LogP contribution in [0.3, 0.4) is 0 Å². The second-order valence-electron chi connectivity index (χ2n) is 8.10. The molecular formula is C26H25N3O8S. The third-order valence-corrected chi connectivity index (χ3v) is 6.95. The Bertz CT molecular complexity index is 1620. The quantitative estimate of drug-likeness (QED) is 0.243. The first-order valence-corrected chi connectivity index (χ1v) is 12.3. The molecule has 0 amide bonds. The maximum atomic E-state index is 13.8. The zero-order valence-corrected chi connectivity index (χ0v) is 22.2. The molecule has 2 aromatic carbocycles. The molecule has 11 nitrogen and oxygen atoms in total. The van der Waals surface area contributed by atoms with Crippen LogP contribution in [0.25, 0.3) is 6.08 Å². The third-order valence-electron chi connectivity index (χ3n) is 5.96. The first-order valence-electron chi connectivity index (χ1n) is 11.5. The van der Waals surface area contributed by atoms with Crippen LogP contribution in [0.15, 0.2) is 57.5 Å². The fourth-order valence-electron chi connectivity index (χ4n) is 4.20. The number of benzene rings is 2. The van der Waals surface area contributed by atoms with Gasteiger partial charge in [0.15, 0.2) is 4.80 Å². The van der Waals surface area contributed by atoms with Crippen molar-refractivity contribution in [1.29, 1.82) is 0 Å². The van der Waals surface area contributed by atoms with Crippen molar-refractivity contribution in [2.75, 3.05) is 27.9 Å². The molecule has 1 atom stereocenters. The Balaban J connectivity index is 1.97. The lowest BCUT2D eigenvalue weighted by molar-refractivity contribution is -0.385. The predicted octanol–water partition coefficient (Wildman–Crippen LogP) is 2.73. The van der Waals surface area contributed by atoms with Gasteiger partial charge in [-0.3, -0.25) is 19.5 Å². The summed E-state index contributed by atoms with van der Waals surface area (Å²) in [4.78, 5) is 42.7. The second kappa shape index (κ2) is 10.9. The number of hydrogen-bond donors (Lipinski definition) is 0. The van der Waals surface area contributed by atoms with Crippen molar-refractivity contribution in [3.8, 4) is 17.2 Å². The number of fused-ring (bicyclic) bond motifs is 1. The summed E-state index contributed by atoms with van der Waals surface area (Å²) < 4.78 is 22.8. The van der Waals surface area contributed by atoms with Crippen LogP contribution in [0.1, 0.15) is 31.0 Å². The molecule has 1 unspecified atom stereocenters. The molecule has 1 aliphatic heterocycles. The first kappa shape index (κ1) is 26.6. The van der Waals surface area contributed by atoms with Crippen LogP contribution in [0.5, 0.6) is 17.2 Å². The summed E-state index contributed by atoms with van der Waals surface area (Å²) in [6.07, 6.45) is 1.50. The molecule has 0 bridgehead atoms. The summed E-state index contributed by atoms with van der Waals surface area (Å²) in [5.74, 6) is 0.358. The third kappa shape index (κ3) is 4.77. The van der Waals surface area contributed by atoms with E-state index < -0.39 is 22.5 Å². The number of thiazole rings is 1. The molecule has 3 aromatic rings. The lowest BCUT2D eigenvalue weighted by atomic mass is 9.96. The van der Waals surface area contributed by atoms with Gasteiger partial charge >= 0.3 is 11.7 Å². The van der Waals surface area contributed by atoms with Crippen molar-refractivity contribution >= 4 is 29.1 Å². The van der Waals surface area contributed by atoms with Gasteiger partial charge in [0.2, 0.25) is 5.75 Å². The van der Waals surface area contributed by atoms with E-state index in [0.717, 1.165) is 11.3 Å². The van der Waals surface area contributed by atoms with Gasteiger partial charge < -0.3 is 18.9 Å². The topological polar surface area (TPSA) is 131 Å². The molecule has 38 heavy (non-hydrogen) atoms. The highest BCUT2D eigenvalue weighted by Gasteiger charge is 2.33. The maximum Gasteiger partial charge on any atom is 0.338 e. The van der Waals surface area contributed by atoms with Gasteiger partial charge in [-0.1, -0.05) is 23.5 Å². The molecule has 4 rings (SSSR count). The van der Waals surface area contributed by atoms with Crippen molar-refractivity contribution in [2.45, 2.75) is 19.9 Å². The highest BCUT2D eigenvalue weighted by atomic mass is 32.1. The number of aromatic nitrogens is 1. The number of esters is 1. The summed E-state index contributed by atoms with van der Waals surface area (Å²) in [6, 6.07) is 8.90. The van der Waals surface area contributed by atoms with E-state index in [-0.39, 0.29) is 33.9 Å². The Morgan fingerprint density at radius 3 is 2.39 bits per heavy atom. The lowest BCUT2D eigenvalue weighted by Crippen LogP contribution is -2.39. The zero-order valence-electron chi connectivity index (χ0n) is 21.3. The molecule has 0 spiro atoms. The number of hydrogen-bond acceptors (Lipinski definition) is 10. The van der Waals surface area contributed by atoms with E-state index in [1.54, 1.807) is 45.2 Å². The van der Waals surface area contributed by atoms with Crippen LogP contribution in [0, 0.1) is 10.1 Å². The summed E-state index contributed by atoms with van der Waals surface area (Å²) in [7, 11) is 4.28. The molecule has 0 fully saturated rings. The minimum atomic E-state index is -0.801. The smallest absolute Gasteiger partial charge is 0.338 e. The van der Waals surface area contributed by atoms with Gasteiger partial charge in [-0.05, 0) is 37.6 Å². The predicted molar refractivity (Wildman–Crippen MR) is 140 cm³/mol. The molecule has 0 saturated heterocycles. The van der Waals surface area contributed by atoms with E-state index >= 15 is 0 Å². The van der Waals surface area contributed by atoms with Crippen LogP contribution < -0.4 is 29.1 Å². The minimum absolute atomic E-state index is 0.0275. The summed E-state index contributed by atoms with van der Waals surface area (Å²) in [5.41, 5.74) is 0.942. The number of rotatable bonds is 8. The van der Waals surface area contributed by atoms with Gasteiger partial charge in [0.1, 0.15) is 11.5 Å². The molecule has 1 aromatic heterocycles. The fourth-order valence-corrected chi connectivity index (χ4v) is 5.23. The number of carbonyl (C=O) groups is 1. The second-order valence-corrected chi connectivity index (χ2v) is 9.11. The van der Waals surface area contributed by atoms with E-state index in [1.807, 2.05) is 0 Å². The molecular weight excluding hydrogens is 514 g/mol. The standard InChI is InChI=1S/C26H25N3O8S/c1-6-37-25(31)22-14(2)27-26-28(23(22)15-7-9-17(34-3)10-8-15)24(30)21(38-26)12-16-11-18(29(32)33)20(36-5)13-19(16)35-4/h7-13,23H,6H2,1-5H3/b21-12-. The summed E-state index contributed by atoms with van der Waals surface area (Å²) in [6.45, 7) is 3.55. The Hall–Kier alpha value is -4.45. The Kier molecular flexibility index (Phi) is 7.62. The van der Waals surface area contributed by atoms with Crippen LogP contribution >= 0.6 is 11.3 Å². The number of carbonyl (C=O) groups excluding carboxylic acids is 1. The van der Waals surface area contributed by atoms with Gasteiger partial charge in [0.25, 0.3) is 5.56 Å². The Labute approximate surface area is 221 Å². The highest BCUT2D eigenvalue weighted by molar-refractivity contribution is 7.07. The average molecular weight is 540 g/mol. The van der Waals surface area contributed by atoms with Crippen molar-refractivity contribution in [1.82, 2.24) is 4.57 Å². The Morgan fingerprint density at radius 1 is 1.13 bits per heavy atom. The molecule has 12 heteroatoms. The highest BCUT2D eigenvalue weighted by Crippen LogP contribution is 2.35. The van der Waals surface area contributed by atoms with Crippen LogP contribution in [-0.2, 0) is 9.53 Å². The number of ether oxygens (including phenoxy) is 4. The van der Waals surface area contributed by atoms with E-state index in [1.165, 1.54) is 37.0 Å². The largest absolute Gasteiger partial charge is 0.497 e. The van der Waals surface area contributed by atoms with E-state index in [2.05, 4.69) is 4.99 Å². The molecule has 0 radical (unpaired) electrons. The average Bonchev–Trinajstić information content (AvgIpc) is 3.21. The van der Waals surface area contributed by atoms with Crippen molar-refractivity contribution < 1.29 is 28.7 Å². The zero-order chi connectivity index (χ0) is 27.6. The van der Waals surface area contributed by atoms with Gasteiger partial charge in [0, 0.05) is 17.7 Å². The molecule has 0 N–H and O–H groups in total. The minimum Gasteiger partial charge on any atom is -0.497 e. The molecule has 0 aliphatic carbocycles. The number of nitro benzene ring substituents is 1. The molecule has 2 heterocycles. The fraction of sp³-hybridized carbons (Fsp3) is 0.269. The number of allylic oxidation sites excluding steroid dienone is 1. The number of nitrogens with zero attached hydrogens (tertiary/aromatic N) is 3. The SMILES string of the molecule is CCOC(=O)C1=C(C)N=c2s/c(=C\c3cc([N+](=O)[O-])c(OC)cc3OC)c(=O)n2C1c1ccc(OC)cc1. The van der Waals surface area contributed by atoms with Crippen LogP contribution in [-0.4, -0.2) is 43.4 Å². The molecule has 1 aliphatic rings. The van der Waals surface area contributed by atoms with Gasteiger partial charge in [0.05, 0.1) is 54.7 Å². The van der Waals surface area contributed by atoms with Crippen molar-refractivity contribution in [3.63, 3.8) is 0 Å². The lowest BCUT2D eigenvalue weighted by Gasteiger charge is -2.24. The molecule has 0 saturated carbocycles. The summed E-state index contributed by atoms with van der Waals surface area (Å²) in [5, 5.41) is 11.6.